The lowest BCUT2D eigenvalue weighted by Crippen LogP contribution is -2.17. The number of anilines is 3. The van der Waals surface area contributed by atoms with Gasteiger partial charge in [0.15, 0.2) is 11.6 Å². The van der Waals surface area contributed by atoms with E-state index in [1.807, 2.05) is 0 Å². The molecule has 0 aliphatic rings. The number of aromatic carboxylic acids is 1. The number of para-hydroxylation sites is 2. The summed E-state index contributed by atoms with van der Waals surface area (Å²) >= 11 is 0.814. The Bertz CT molecular complexity index is 1430. The number of carbonyl (C=O) groups is 1. The zero-order valence-corrected chi connectivity index (χ0v) is 19.0. The molecule has 4 aromatic rings. The standard InChI is InChI=1S/C21H18N4O6S2/c1-30-13-9-12(10-14(11-13)31-2)22-19-20(24-16-6-4-3-5-15(16)23-19)25-33(28,29)17-7-8-32-18(17)21(26)27/h3-11H,1-2H3,(H,22,23)(H,24,25)(H,26,27). The lowest BCUT2D eigenvalue weighted by atomic mass is 10.2. The summed E-state index contributed by atoms with van der Waals surface area (Å²) in [6, 6.07) is 13.2. The number of hydrogen-bond donors (Lipinski definition) is 3. The van der Waals surface area contributed by atoms with Crippen LogP contribution in [0.1, 0.15) is 9.67 Å². The minimum absolute atomic E-state index is 0.0991. The Kier molecular flexibility index (Phi) is 6.03. The summed E-state index contributed by atoms with van der Waals surface area (Å²) in [4.78, 5) is 19.7. The van der Waals surface area contributed by atoms with Crippen LogP contribution in [0.15, 0.2) is 58.8 Å². The minimum Gasteiger partial charge on any atom is -0.497 e. The molecule has 4 rings (SSSR count). The fraction of sp³-hybridized carbons (Fsp3) is 0.0952. The highest BCUT2D eigenvalue weighted by atomic mass is 32.2. The van der Waals surface area contributed by atoms with E-state index in [4.69, 9.17) is 9.47 Å². The SMILES string of the molecule is COc1cc(Nc2nc3ccccc3nc2NS(=O)(=O)c2ccsc2C(=O)O)cc(OC)c1. The number of benzene rings is 2. The fourth-order valence-electron chi connectivity index (χ4n) is 3.02. The topological polar surface area (TPSA) is 140 Å². The van der Waals surface area contributed by atoms with Crippen LogP contribution >= 0.6 is 11.3 Å². The molecule has 10 nitrogen and oxygen atoms in total. The van der Waals surface area contributed by atoms with Gasteiger partial charge in [-0.25, -0.2) is 23.2 Å². The first kappa shape index (κ1) is 22.3. The molecule has 3 N–H and O–H groups in total. The first-order chi connectivity index (χ1) is 15.8. The van der Waals surface area contributed by atoms with E-state index in [-0.39, 0.29) is 21.4 Å². The van der Waals surface area contributed by atoms with Crippen LogP contribution in [0.5, 0.6) is 11.5 Å². The molecule has 0 bridgehead atoms. The van der Waals surface area contributed by atoms with Crippen LogP contribution in [0.25, 0.3) is 11.0 Å². The van der Waals surface area contributed by atoms with Gasteiger partial charge in [0.1, 0.15) is 21.3 Å². The summed E-state index contributed by atoms with van der Waals surface area (Å²) in [5, 5.41) is 13.8. The highest BCUT2D eigenvalue weighted by Crippen LogP contribution is 2.32. The smallest absolute Gasteiger partial charge is 0.347 e. The summed E-state index contributed by atoms with van der Waals surface area (Å²) in [6.45, 7) is 0. The van der Waals surface area contributed by atoms with E-state index in [1.54, 1.807) is 42.5 Å². The monoisotopic (exact) mass is 486 g/mol. The highest BCUT2D eigenvalue weighted by Gasteiger charge is 2.26. The van der Waals surface area contributed by atoms with Gasteiger partial charge in [0, 0.05) is 23.9 Å². The van der Waals surface area contributed by atoms with Crippen LogP contribution in [-0.2, 0) is 10.0 Å². The number of fused-ring (bicyclic) bond motifs is 1. The van der Waals surface area contributed by atoms with Crippen LogP contribution < -0.4 is 19.5 Å². The summed E-state index contributed by atoms with van der Waals surface area (Å²) < 4.78 is 39.0. The van der Waals surface area contributed by atoms with Crippen molar-refractivity contribution >= 4 is 55.7 Å². The molecule has 2 aromatic carbocycles. The molecule has 0 aliphatic heterocycles. The first-order valence-electron chi connectivity index (χ1n) is 9.41. The van der Waals surface area contributed by atoms with E-state index in [1.165, 1.54) is 25.7 Å². The van der Waals surface area contributed by atoms with Crippen LogP contribution in [0.2, 0.25) is 0 Å². The molecule has 0 unspecified atom stereocenters. The quantitative estimate of drug-likeness (QED) is 0.338. The Hall–Kier alpha value is -3.90. The van der Waals surface area contributed by atoms with Gasteiger partial charge in [-0.15, -0.1) is 11.3 Å². The van der Waals surface area contributed by atoms with Gasteiger partial charge in [-0.05, 0) is 23.6 Å². The van der Waals surface area contributed by atoms with E-state index in [0.29, 0.717) is 28.2 Å². The summed E-state index contributed by atoms with van der Waals surface area (Å²) in [5.41, 5.74) is 1.49. The number of aromatic nitrogens is 2. The van der Waals surface area contributed by atoms with Gasteiger partial charge in [-0.3, -0.25) is 4.72 Å². The maximum Gasteiger partial charge on any atom is 0.347 e. The lowest BCUT2D eigenvalue weighted by Gasteiger charge is -2.15. The van der Waals surface area contributed by atoms with E-state index >= 15 is 0 Å². The predicted octanol–water partition coefficient (Wildman–Crippen LogP) is 3.95. The Morgan fingerprint density at radius 2 is 1.58 bits per heavy atom. The van der Waals surface area contributed by atoms with Gasteiger partial charge in [0.25, 0.3) is 10.0 Å². The first-order valence-corrected chi connectivity index (χ1v) is 11.8. The van der Waals surface area contributed by atoms with Crippen molar-refractivity contribution in [1.82, 2.24) is 9.97 Å². The third kappa shape index (κ3) is 4.66. The van der Waals surface area contributed by atoms with Crippen molar-refractivity contribution in [2.45, 2.75) is 4.90 Å². The van der Waals surface area contributed by atoms with E-state index in [0.717, 1.165) is 11.3 Å². The second kappa shape index (κ2) is 8.92. The number of rotatable bonds is 8. The lowest BCUT2D eigenvalue weighted by molar-refractivity contribution is 0.0698. The Morgan fingerprint density at radius 1 is 0.970 bits per heavy atom. The van der Waals surface area contributed by atoms with Crippen molar-refractivity contribution in [3.63, 3.8) is 0 Å². The summed E-state index contributed by atoms with van der Waals surface area (Å²) in [7, 11) is -1.25. The van der Waals surface area contributed by atoms with Gasteiger partial charge in [-0.1, -0.05) is 12.1 Å². The molecule has 0 radical (unpaired) electrons. The molecule has 0 spiro atoms. The summed E-state index contributed by atoms with van der Waals surface area (Å²) in [5.74, 6) is -0.302. The number of carboxylic acid groups (broad SMARTS) is 1. The minimum atomic E-state index is -4.27. The molecule has 0 saturated heterocycles. The van der Waals surface area contributed by atoms with Gasteiger partial charge >= 0.3 is 5.97 Å². The average molecular weight is 487 g/mol. The van der Waals surface area contributed by atoms with E-state index in [2.05, 4.69) is 20.0 Å². The number of nitrogens with zero attached hydrogens (tertiary/aromatic N) is 2. The third-order valence-corrected chi connectivity index (χ3v) is 6.94. The Morgan fingerprint density at radius 3 is 2.15 bits per heavy atom. The number of hydrogen-bond acceptors (Lipinski definition) is 9. The maximum absolute atomic E-state index is 13.0. The van der Waals surface area contributed by atoms with Crippen LogP contribution in [0.4, 0.5) is 17.3 Å². The van der Waals surface area contributed by atoms with Crippen LogP contribution in [0, 0.1) is 0 Å². The number of thiophene rings is 1. The number of ether oxygens (including phenoxy) is 2. The zero-order valence-electron chi connectivity index (χ0n) is 17.4. The molecule has 0 atom stereocenters. The number of carboxylic acids is 1. The molecule has 12 heteroatoms. The molecule has 0 amide bonds. The zero-order chi connectivity index (χ0) is 23.6. The molecule has 170 valence electrons. The van der Waals surface area contributed by atoms with E-state index < -0.39 is 16.0 Å². The summed E-state index contributed by atoms with van der Waals surface area (Å²) in [6.07, 6.45) is 0. The van der Waals surface area contributed by atoms with Crippen LogP contribution in [0.3, 0.4) is 0 Å². The van der Waals surface area contributed by atoms with Gasteiger partial charge < -0.3 is 19.9 Å². The number of methoxy groups -OCH3 is 2. The van der Waals surface area contributed by atoms with Crippen molar-refractivity contribution in [1.29, 1.82) is 0 Å². The Labute approximate surface area is 192 Å². The molecule has 0 aliphatic carbocycles. The number of sulfonamides is 1. The largest absolute Gasteiger partial charge is 0.497 e. The van der Waals surface area contributed by atoms with Gasteiger partial charge in [-0.2, -0.15) is 0 Å². The second-order valence-corrected chi connectivity index (χ2v) is 9.23. The normalized spacial score (nSPS) is 11.2. The third-order valence-electron chi connectivity index (χ3n) is 4.53. The number of nitrogens with one attached hydrogen (secondary N) is 2. The van der Waals surface area contributed by atoms with Crippen molar-refractivity contribution in [2.75, 3.05) is 24.3 Å². The van der Waals surface area contributed by atoms with Crippen molar-refractivity contribution in [3.05, 3.63) is 58.8 Å². The van der Waals surface area contributed by atoms with Gasteiger partial charge in [0.2, 0.25) is 0 Å². The molecule has 33 heavy (non-hydrogen) atoms. The van der Waals surface area contributed by atoms with Gasteiger partial charge in [0.05, 0.1) is 25.3 Å². The molecule has 2 heterocycles. The molecule has 2 aromatic heterocycles. The average Bonchev–Trinajstić information content (AvgIpc) is 3.30. The van der Waals surface area contributed by atoms with Crippen LogP contribution in [-0.4, -0.2) is 43.7 Å². The van der Waals surface area contributed by atoms with E-state index in [9.17, 15) is 18.3 Å². The Balaban J connectivity index is 1.80. The molecular weight excluding hydrogens is 468 g/mol. The molecule has 0 saturated carbocycles. The molecular formula is C21H18N4O6S2. The van der Waals surface area contributed by atoms with Crippen molar-refractivity contribution < 1.29 is 27.8 Å². The molecule has 0 fully saturated rings. The van der Waals surface area contributed by atoms with Crippen molar-refractivity contribution in [3.8, 4) is 11.5 Å². The highest BCUT2D eigenvalue weighted by molar-refractivity contribution is 7.93. The van der Waals surface area contributed by atoms with Crippen molar-refractivity contribution in [2.24, 2.45) is 0 Å². The predicted molar refractivity (Wildman–Crippen MR) is 124 cm³/mol. The second-order valence-electron chi connectivity index (χ2n) is 6.66. The maximum atomic E-state index is 13.0. The fourth-order valence-corrected chi connectivity index (χ4v) is 5.29.